The number of aliphatic hydroxyl groups is 1. The van der Waals surface area contributed by atoms with Gasteiger partial charge >= 0.3 is 5.97 Å². The summed E-state index contributed by atoms with van der Waals surface area (Å²) in [5, 5.41) is 8.95. The van der Waals surface area contributed by atoms with Gasteiger partial charge in [0.15, 0.2) is 12.4 Å². The van der Waals surface area contributed by atoms with Crippen LogP contribution in [0.3, 0.4) is 0 Å². The maximum Gasteiger partial charge on any atom is 0.338 e. The molecule has 0 aromatic heterocycles. The van der Waals surface area contributed by atoms with E-state index in [0.29, 0.717) is 16.8 Å². The van der Waals surface area contributed by atoms with Crippen LogP contribution in [0.5, 0.6) is 0 Å². The molecule has 0 heterocycles. The Morgan fingerprint density at radius 3 is 2.08 bits per heavy atom. The third kappa shape index (κ3) is 5.70. The molecule has 132 valence electrons. The van der Waals surface area contributed by atoms with Gasteiger partial charge in [0.1, 0.15) is 0 Å². The van der Waals surface area contributed by atoms with E-state index in [9.17, 15) is 18.0 Å². The first-order chi connectivity index (χ1) is 11.8. The second-order valence-corrected chi connectivity index (χ2v) is 7.05. The molecule has 0 fully saturated rings. The number of aliphatic hydroxyl groups excluding tert-OH is 1. The minimum absolute atomic E-state index is 0.127. The highest BCUT2D eigenvalue weighted by Gasteiger charge is 2.12. The van der Waals surface area contributed by atoms with Gasteiger partial charge in [0.25, 0.3) is 0 Å². The van der Waals surface area contributed by atoms with Crippen molar-refractivity contribution < 1.29 is 27.9 Å². The summed E-state index contributed by atoms with van der Waals surface area (Å²) in [7, 11) is -3.39. The molecule has 0 aliphatic carbocycles. The molecular formula is C17H17NO6S. The lowest BCUT2D eigenvalue weighted by molar-refractivity contribution is 0.0474. The molecule has 2 rings (SSSR count). The standard InChI is InChI=1S/C17H17NO6S/c1-25(22,23)18-15-8-6-13(7-9-15)16(20)11-24-17(21)14-4-2-12(10-19)3-5-14/h2-9,18-19H,10-11H2,1H3. The Labute approximate surface area is 145 Å². The van der Waals surface area contributed by atoms with Crippen LogP contribution in [0.15, 0.2) is 48.5 Å². The molecule has 7 nitrogen and oxygen atoms in total. The molecule has 0 atom stereocenters. The average molecular weight is 363 g/mol. The zero-order valence-electron chi connectivity index (χ0n) is 13.4. The van der Waals surface area contributed by atoms with Crippen molar-refractivity contribution in [2.75, 3.05) is 17.6 Å². The lowest BCUT2D eigenvalue weighted by Gasteiger charge is -2.07. The quantitative estimate of drug-likeness (QED) is 0.571. The fourth-order valence-corrected chi connectivity index (χ4v) is 2.55. The summed E-state index contributed by atoms with van der Waals surface area (Å²) >= 11 is 0. The van der Waals surface area contributed by atoms with Gasteiger partial charge in [0.2, 0.25) is 10.0 Å². The SMILES string of the molecule is CS(=O)(=O)Nc1ccc(C(=O)COC(=O)c2ccc(CO)cc2)cc1. The zero-order chi connectivity index (χ0) is 18.4. The van der Waals surface area contributed by atoms with Gasteiger partial charge in [-0.15, -0.1) is 0 Å². The van der Waals surface area contributed by atoms with Crippen LogP contribution < -0.4 is 4.72 Å². The van der Waals surface area contributed by atoms with Gasteiger partial charge in [-0.1, -0.05) is 12.1 Å². The molecule has 2 N–H and O–H groups in total. The van der Waals surface area contributed by atoms with E-state index in [-0.39, 0.29) is 12.2 Å². The summed E-state index contributed by atoms with van der Waals surface area (Å²) in [6.07, 6.45) is 1.03. The smallest absolute Gasteiger partial charge is 0.338 e. The van der Waals surface area contributed by atoms with Gasteiger partial charge in [-0.3, -0.25) is 9.52 Å². The molecule has 0 aliphatic heterocycles. The van der Waals surface area contributed by atoms with Crippen molar-refractivity contribution in [1.29, 1.82) is 0 Å². The monoisotopic (exact) mass is 363 g/mol. The van der Waals surface area contributed by atoms with Crippen molar-refractivity contribution in [3.63, 3.8) is 0 Å². The number of Topliss-reactive ketones (excluding diaryl/α,β-unsaturated/α-hetero) is 1. The van der Waals surface area contributed by atoms with Gasteiger partial charge in [-0.25, -0.2) is 13.2 Å². The normalized spacial score (nSPS) is 11.0. The number of nitrogens with one attached hydrogen (secondary N) is 1. The van der Waals surface area contributed by atoms with Crippen molar-refractivity contribution in [3.05, 3.63) is 65.2 Å². The van der Waals surface area contributed by atoms with Crippen molar-refractivity contribution in [2.45, 2.75) is 6.61 Å². The van der Waals surface area contributed by atoms with Crippen LogP contribution in [0.4, 0.5) is 5.69 Å². The predicted octanol–water partition coefficient (Wildman–Crippen LogP) is 1.59. The molecule has 8 heteroatoms. The van der Waals surface area contributed by atoms with Gasteiger partial charge in [-0.05, 0) is 42.0 Å². The molecule has 0 aliphatic rings. The molecule has 0 spiro atoms. The molecule has 0 bridgehead atoms. The van der Waals surface area contributed by atoms with E-state index in [4.69, 9.17) is 9.84 Å². The van der Waals surface area contributed by atoms with Gasteiger partial charge in [0, 0.05) is 11.3 Å². The third-order valence-corrected chi connectivity index (χ3v) is 3.82. The molecule has 0 unspecified atom stereocenters. The Balaban J connectivity index is 1.94. The van der Waals surface area contributed by atoms with Crippen LogP contribution in [0.2, 0.25) is 0 Å². The number of ketones is 1. The molecular weight excluding hydrogens is 346 g/mol. The fraction of sp³-hybridized carbons (Fsp3) is 0.176. The van der Waals surface area contributed by atoms with E-state index in [1.165, 1.54) is 36.4 Å². The Morgan fingerprint density at radius 1 is 1.00 bits per heavy atom. The number of hydrogen-bond acceptors (Lipinski definition) is 6. The largest absolute Gasteiger partial charge is 0.454 e. The van der Waals surface area contributed by atoms with Crippen LogP contribution in [0, 0.1) is 0 Å². The van der Waals surface area contributed by atoms with Crippen molar-refractivity contribution >= 4 is 27.5 Å². The fourth-order valence-electron chi connectivity index (χ4n) is 1.98. The molecule has 0 saturated heterocycles. The topological polar surface area (TPSA) is 110 Å². The summed E-state index contributed by atoms with van der Waals surface area (Å²) in [6.45, 7) is -0.558. The molecule has 2 aromatic carbocycles. The van der Waals surface area contributed by atoms with E-state index in [1.54, 1.807) is 12.1 Å². The summed E-state index contributed by atoms with van der Waals surface area (Å²) < 4.78 is 29.5. The highest BCUT2D eigenvalue weighted by Crippen LogP contribution is 2.12. The second kappa shape index (κ2) is 7.91. The van der Waals surface area contributed by atoms with E-state index in [1.807, 2.05) is 0 Å². The number of anilines is 1. The highest BCUT2D eigenvalue weighted by atomic mass is 32.2. The average Bonchev–Trinajstić information content (AvgIpc) is 2.58. The van der Waals surface area contributed by atoms with Crippen LogP contribution >= 0.6 is 0 Å². The Morgan fingerprint density at radius 2 is 1.56 bits per heavy atom. The number of carbonyl (C=O) groups excluding carboxylic acids is 2. The van der Waals surface area contributed by atoms with Crippen molar-refractivity contribution in [3.8, 4) is 0 Å². The maximum absolute atomic E-state index is 12.0. The van der Waals surface area contributed by atoms with Crippen molar-refractivity contribution in [1.82, 2.24) is 0 Å². The molecule has 0 saturated carbocycles. The minimum atomic E-state index is -3.39. The number of esters is 1. The van der Waals surface area contributed by atoms with Gasteiger partial charge < -0.3 is 9.84 Å². The van der Waals surface area contributed by atoms with E-state index in [2.05, 4.69) is 4.72 Å². The Kier molecular flexibility index (Phi) is 5.89. The predicted molar refractivity (Wildman–Crippen MR) is 91.9 cm³/mol. The summed E-state index contributed by atoms with van der Waals surface area (Å²) in [4.78, 5) is 23.9. The zero-order valence-corrected chi connectivity index (χ0v) is 14.2. The number of carbonyl (C=O) groups is 2. The molecule has 0 amide bonds. The molecule has 0 radical (unpaired) electrons. The van der Waals surface area contributed by atoms with Crippen LogP contribution in [-0.4, -0.2) is 38.1 Å². The summed E-state index contributed by atoms with van der Waals surface area (Å²) in [5.74, 6) is -1.06. The second-order valence-electron chi connectivity index (χ2n) is 5.31. The van der Waals surface area contributed by atoms with Crippen LogP contribution in [-0.2, 0) is 21.4 Å². The van der Waals surface area contributed by atoms with Crippen LogP contribution in [0.1, 0.15) is 26.3 Å². The third-order valence-electron chi connectivity index (χ3n) is 3.22. The van der Waals surface area contributed by atoms with E-state index < -0.39 is 28.4 Å². The number of benzene rings is 2. The van der Waals surface area contributed by atoms with Gasteiger partial charge in [-0.2, -0.15) is 0 Å². The number of ether oxygens (including phenoxy) is 1. The first kappa shape index (κ1) is 18.6. The Bertz CT molecular complexity index is 857. The molecule has 25 heavy (non-hydrogen) atoms. The van der Waals surface area contributed by atoms with E-state index in [0.717, 1.165) is 6.26 Å². The van der Waals surface area contributed by atoms with Gasteiger partial charge in [0.05, 0.1) is 18.4 Å². The first-order valence-electron chi connectivity index (χ1n) is 7.26. The van der Waals surface area contributed by atoms with Crippen LogP contribution in [0.25, 0.3) is 0 Å². The number of sulfonamides is 1. The lowest BCUT2D eigenvalue weighted by atomic mass is 10.1. The first-order valence-corrected chi connectivity index (χ1v) is 9.15. The Hall–Kier alpha value is -2.71. The summed E-state index contributed by atoms with van der Waals surface area (Å²) in [6, 6.07) is 12.0. The van der Waals surface area contributed by atoms with E-state index >= 15 is 0 Å². The molecule has 2 aromatic rings. The lowest BCUT2D eigenvalue weighted by Crippen LogP contribution is -2.14. The number of hydrogen-bond donors (Lipinski definition) is 2. The van der Waals surface area contributed by atoms with Crippen molar-refractivity contribution in [2.24, 2.45) is 0 Å². The number of rotatable bonds is 7. The minimum Gasteiger partial charge on any atom is -0.454 e. The maximum atomic E-state index is 12.0. The highest BCUT2D eigenvalue weighted by molar-refractivity contribution is 7.92. The summed E-state index contributed by atoms with van der Waals surface area (Å²) in [5.41, 5.74) is 1.57.